The van der Waals surface area contributed by atoms with Crippen LogP contribution in [-0.4, -0.2) is 37.1 Å². The van der Waals surface area contributed by atoms with Crippen LogP contribution in [0.5, 0.6) is 0 Å². The standard InChI is InChI=1S/C18H30N2/c1-17(11-12-18-9-4-2-5-10-18)19-13-8-16-20-14-6-3-7-15-20/h2,4-5,9-10,17,19H,3,6-8,11-16H2,1H3. The first-order valence-corrected chi connectivity index (χ1v) is 8.34. The molecule has 1 aromatic rings. The van der Waals surface area contributed by atoms with Crippen molar-refractivity contribution in [3.63, 3.8) is 0 Å². The van der Waals surface area contributed by atoms with Crippen LogP contribution in [0.3, 0.4) is 0 Å². The molecule has 1 aromatic carbocycles. The van der Waals surface area contributed by atoms with Gasteiger partial charge in [0.25, 0.3) is 0 Å². The fourth-order valence-electron chi connectivity index (χ4n) is 2.96. The van der Waals surface area contributed by atoms with Gasteiger partial charge in [-0.1, -0.05) is 36.8 Å². The Hall–Kier alpha value is -0.860. The second-order valence-corrected chi connectivity index (χ2v) is 6.14. The number of aryl methyl sites for hydroxylation is 1. The van der Waals surface area contributed by atoms with Gasteiger partial charge in [0.1, 0.15) is 0 Å². The van der Waals surface area contributed by atoms with Crippen LogP contribution >= 0.6 is 0 Å². The lowest BCUT2D eigenvalue weighted by molar-refractivity contribution is 0.225. The minimum absolute atomic E-state index is 0.622. The van der Waals surface area contributed by atoms with Gasteiger partial charge in [0.15, 0.2) is 0 Å². The van der Waals surface area contributed by atoms with E-state index in [4.69, 9.17) is 0 Å². The molecule has 1 unspecified atom stereocenters. The Morgan fingerprint density at radius 1 is 1.10 bits per heavy atom. The van der Waals surface area contributed by atoms with Gasteiger partial charge < -0.3 is 10.2 Å². The lowest BCUT2D eigenvalue weighted by Gasteiger charge is -2.26. The van der Waals surface area contributed by atoms with Crippen molar-refractivity contribution in [3.8, 4) is 0 Å². The SMILES string of the molecule is CC(CCc1ccccc1)NCCCN1CCCCC1. The summed E-state index contributed by atoms with van der Waals surface area (Å²) in [5, 5.41) is 3.67. The van der Waals surface area contributed by atoms with Gasteiger partial charge in [-0.05, 0) is 70.8 Å². The highest BCUT2D eigenvalue weighted by Gasteiger charge is 2.09. The van der Waals surface area contributed by atoms with Crippen LogP contribution in [0.25, 0.3) is 0 Å². The summed E-state index contributed by atoms with van der Waals surface area (Å²) in [7, 11) is 0. The number of hydrogen-bond acceptors (Lipinski definition) is 2. The summed E-state index contributed by atoms with van der Waals surface area (Å²) in [6, 6.07) is 11.4. The minimum Gasteiger partial charge on any atom is -0.314 e. The number of benzene rings is 1. The largest absolute Gasteiger partial charge is 0.314 e. The van der Waals surface area contributed by atoms with E-state index in [1.54, 1.807) is 0 Å². The van der Waals surface area contributed by atoms with E-state index in [0.717, 1.165) is 6.54 Å². The average Bonchev–Trinajstić information content (AvgIpc) is 2.52. The normalized spacial score (nSPS) is 18.1. The molecule has 2 rings (SSSR count). The highest BCUT2D eigenvalue weighted by atomic mass is 15.1. The molecule has 0 aliphatic carbocycles. The first-order chi connectivity index (χ1) is 9.84. The Morgan fingerprint density at radius 2 is 1.85 bits per heavy atom. The highest BCUT2D eigenvalue weighted by molar-refractivity contribution is 5.14. The maximum atomic E-state index is 3.67. The van der Waals surface area contributed by atoms with Gasteiger partial charge in [0.2, 0.25) is 0 Å². The molecule has 20 heavy (non-hydrogen) atoms. The number of likely N-dealkylation sites (tertiary alicyclic amines) is 1. The number of rotatable bonds is 8. The Balaban J connectivity index is 1.50. The molecule has 0 bridgehead atoms. The summed E-state index contributed by atoms with van der Waals surface area (Å²) < 4.78 is 0. The third-order valence-electron chi connectivity index (χ3n) is 4.30. The molecule has 0 amide bonds. The summed E-state index contributed by atoms with van der Waals surface area (Å²) in [5.41, 5.74) is 1.45. The van der Waals surface area contributed by atoms with E-state index in [9.17, 15) is 0 Å². The van der Waals surface area contributed by atoms with Crippen molar-refractivity contribution in [1.82, 2.24) is 10.2 Å². The van der Waals surface area contributed by atoms with Gasteiger partial charge in [-0.25, -0.2) is 0 Å². The second kappa shape index (κ2) is 9.15. The van der Waals surface area contributed by atoms with Gasteiger partial charge in [-0.3, -0.25) is 0 Å². The van der Waals surface area contributed by atoms with E-state index in [-0.39, 0.29) is 0 Å². The fraction of sp³-hybridized carbons (Fsp3) is 0.667. The molecule has 2 heteroatoms. The molecule has 0 spiro atoms. The van der Waals surface area contributed by atoms with E-state index in [2.05, 4.69) is 47.5 Å². The number of hydrogen-bond donors (Lipinski definition) is 1. The topological polar surface area (TPSA) is 15.3 Å². The van der Waals surface area contributed by atoms with Crippen LogP contribution in [0.15, 0.2) is 30.3 Å². The summed E-state index contributed by atoms with van der Waals surface area (Å²) in [6.07, 6.45) is 7.94. The molecule has 1 N–H and O–H groups in total. The molecule has 1 aliphatic rings. The van der Waals surface area contributed by atoms with Crippen LogP contribution in [-0.2, 0) is 6.42 Å². The third-order valence-corrected chi connectivity index (χ3v) is 4.30. The van der Waals surface area contributed by atoms with Crippen molar-refractivity contribution >= 4 is 0 Å². The summed E-state index contributed by atoms with van der Waals surface area (Å²) in [4.78, 5) is 2.62. The molecule has 1 fully saturated rings. The maximum Gasteiger partial charge on any atom is 0.00419 e. The minimum atomic E-state index is 0.622. The zero-order valence-electron chi connectivity index (χ0n) is 13.0. The molecular weight excluding hydrogens is 244 g/mol. The zero-order chi connectivity index (χ0) is 14.0. The van der Waals surface area contributed by atoms with Crippen LogP contribution in [0, 0.1) is 0 Å². The number of piperidine rings is 1. The van der Waals surface area contributed by atoms with Gasteiger partial charge >= 0.3 is 0 Å². The fourth-order valence-corrected chi connectivity index (χ4v) is 2.96. The lowest BCUT2D eigenvalue weighted by atomic mass is 10.1. The number of nitrogens with one attached hydrogen (secondary N) is 1. The predicted octanol–water partition coefficient (Wildman–Crippen LogP) is 3.47. The lowest BCUT2D eigenvalue weighted by Crippen LogP contribution is -2.34. The molecule has 2 nitrogen and oxygen atoms in total. The Labute approximate surface area is 124 Å². The molecule has 0 radical (unpaired) electrons. The summed E-state index contributed by atoms with van der Waals surface area (Å²) in [5.74, 6) is 0. The highest BCUT2D eigenvalue weighted by Crippen LogP contribution is 2.08. The van der Waals surface area contributed by atoms with E-state index >= 15 is 0 Å². The molecule has 1 heterocycles. The molecule has 1 aliphatic heterocycles. The first kappa shape index (κ1) is 15.5. The zero-order valence-corrected chi connectivity index (χ0v) is 13.0. The Kier molecular flexibility index (Phi) is 7.10. The van der Waals surface area contributed by atoms with Gasteiger partial charge in [-0.15, -0.1) is 0 Å². The first-order valence-electron chi connectivity index (χ1n) is 8.34. The van der Waals surface area contributed by atoms with Crippen LogP contribution < -0.4 is 5.32 Å². The van der Waals surface area contributed by atoms with E-state index < -0.39 is 0 Å². The predicted molar refractivity (Wildman–Crippen MR) is 87.1 cm³/mol. The number of nitrogens with zero attached hydrogens (tertiary/aromatic N) is 1. The molecule has 112 valence electrons. The van der Waals surface area contributed by atoms with Crippen LogP contribution in [0.2, 0.25) is 0 Å². The van der Waals surface area contributed by atoms with Crippen molar-refractivity contribution in [2.24, 2.45) is 0 Å². The Bertz CT molecular complexity index is 344. The molecule has 1 saturated heterocycles. The van der Waals surface area contributed by atoms with Crippen molar-refractivity contribution < 1.29 is 0 Å². The summed E-state index contributed by atoms with van der Waals surface area (Å²) >= 11 is 0. The van der Waals surface area contributed by atoms with Crippen LogP contribution in [0.1, 0.15) is 44.6 Å². The smallest absolute Gasteiger partial charge is 0.00419 e. The molecule has 0 saturated carbocycles. The van der Waals surface area contributed by atoms with E-state index in [1.807, 2.05) is 0 Å². The molecule has 1 atom stereocenters. The summed E-state index contributed by atoms with van der Waals surface area (Å²) in [6.45, 7) is 7.39. The van der Waals surface area contributed by atoms with Gasteiger partial charge in [0, 0.05) is 6.04 Å². The molecule has 0 aromatic heterocycles. The van der Waals surface area contributed by atoms with Crippen LogP contribution in [0.4, 0.5) is 0 Å². The van der Waals surface area contributed by atoms with Crippen molar-refractivity contribution in [1.29, 1.82) is 0 Å². The van der Waals surface area contributed by atoms with E-state index in [0.29, 0.717) is 6.04 Å². The maximum absolute atomic E-state index is 3.67. The third kappa shape index (κ3) is 6.06. The van der Waals surface area contributed by atoms with E-state index in [1.165, 1.54) is 63.7 Å². The molecular formula is C18H30N2. The quantitative estimate of drug-likeness (QED) is 0.730. The average molecular weight is 274 g/mol. The monoisotopic (exact) mass is 274 g/mol. The van der Waals surface area contributed by atoms with Crippen molar-refractivity contribution in [2.75, 3.05) is 26.2 Å². The van der Waals surface area contributed by atoms with Gasteiger partial charge in [0.05, 0.1) is 0 Å². The van der Waals surface area contributed by atoms with Crippen molar-refractivity contribution in [2.45, 2.75) is 51.5 Å². The Morgan fingerprint density at radius 3 is 2.60 bits per heavy atom. The van der Waals surface area contributed by atoms with Gasteiger partial charge in [-0.2, -0.15) is 0 Å². The van der Waals surface area contributed by atoms with Crippen molar-refractivity contribution in [3.05, 3.63) is 35.9 Å². The second-order valence-electron chi connectivity index (χ2n) is 6.14.